The lowest BCUT2D eigenvalue weighted by Gasteiger charge is -2.27. The van der Waals surface area contributed by atoms with Gasteiger partial charge in [0.1, 0.15) is 22.9 Å². The minimum absolute atomic E-state index is 0.112. The third-order valence-electron chi connectivity index (χ3n) is 12.1. The molecule has 57 heavy (non-hydrogen) atoms. The molecule has 2 saturated heterocycles. The number of nitrogens with one attached hydrogen (secondary N) is 2. The smallest absolute Gasteiger partial charge is 0.410 e. The maximum absolute atomic E-state index is 12.9. The van der Waals surface area contributed by atoms with Crippen LogP contribution in [0.15, 0.2) is 73.1 Å². The van der Waals surface area contributed by atoms with Crippen molar-refractivity contribution in [3.8, 4) is 44.8 Å². The largest absolute Gasteiger partial charge is 0.444 e. The Morgan fingerprint density at radius 2 is 0.965 bits per heavy atom. The fraction of sp³-hybridized carbons (Fsp3) is 0.447. The molecule has 10 heteroatoms. The quantitative estimate of drug-likeness (QED) is 0.178. The van der Waals surface area contributed by atoms with Gasteiger partial charge in [-0.15, -0.1) is 0 Å². The Morgan fingerprint density at radius 3 is 1.35 bits per heavy atom. The number of fused-ring (bicyclic) bond motifs is 5. The van der Waals surface area contributed by atoms with E-state index in [4.69, 9.17) is 19.4 Å². The topological polar surface area (TPSA) is 116 Å². The van der Waals surface area contributed by atoms with Gasteiger partial charge in [-0.3, -0.25) is 9.80 Å². The van der Waals surface area contributed by atoms with Crippen LogP contribution in [0.2, 0.25) is 0 Å². The van der Waals surface area contributed by atoms with Gasteiger partial charge >= 0.3 is 12.2 Å². The third kappa shape index (κ3) is 7.23. The van der Waals surface area contributed by atoms with Crippen LogP contribution in [-0.2, 0) is 9.47 Å². The van der Waals surface area contributed by atoms with E-state index in [9.17, 15) is 9.59 Å². The summed E-state index contributed by atoms with van der Waals surface area (Å²) in [5.74, 6) is 2.79. The molecule has 5 aromatic rings. The number of ether oxygens (including phenoxy) is 2. The van der Waals surface area contributed by atoms with Crippen LogP contribution in [0.5, 0.6) is 0 Å². The molecule has 2 aliphatic carbocycles. The highest BCUT2D eigenvalue weighted by atomic mass is 16.6. The van der Waals surface area contributed by atoms with E-state index in [0.29, 0.717) is 24.9 Å². The zero-order valence-corrected chi connectivity index (χ0v) is 34.0. The number of hydrogen-bond donors (Lipinski definition) is 2. The van der Waals surface area contributed by atoms with Crippen LogP contribution in [0.25, 0.3) is 44.8 Å². The van der Waals surface area contributed by atoms with E-state index in [2.05, 4.69) is 70.6 Å². The number of carbonyl (C=O) groups is 2. The number of benzene rings is 3. The first-order valence-corrected chi connectivity index (χ1v) is 20.8. The highest BCUT2D eigenvalue weighted by molar-refractivity contribution is 5.82. The monoisotopic (exact) mass is 766 g/mol. The van der Waals surface area contributed by atoms with E-state index in [-0.39, 0.29) is 24.3 Å². The number of H-pyrrole nitrogens is 2. The SMILES string of the molecule is CC(C)(C)OC(=O)N1CCCC1c1ncc(-c2ccc(-c3ccc(-c4ccc(-c5cnc(C6CCCN6C(=O)OC(C)(C)C)[nH]5)cc4)c4c3C3CCC4C3)cc2)[nH]1. The molecule has 0 spiro atoms. The van der Waals surface area contributed by atoms with Crippen LogP contribution in [0.3, 0.4) is 0 Å². The van der Waals surface area contributed by atoms with Crippen LogP contribution < -0.4 is 0 Å². The summed E-state index contributed by atoms with van der Waals surface area (Å²) in [6, 6.07) is 22.1. The first kappa shape index (κ1) is 37.2. The fourth-order valence-electron chi connectivity index (χ4n) is 9.67. The van der Waals surface area contributed by atoms with Crippen molar-refractivity contribution in [3.63, 3.8) is 0 Å². The van der Waals surface area contributed by atoms with Gasteiger partial charge in [0.05, 0.1) is 35.9 Å². The van der Waals surface area contributed by atoms with Gasteiger partial charge in [0, 0.05) is 13.1 Å². The van der Waals surface area contributed by atoms with E-state index in [1.807, 2.05) is 53.9 Å². The maximum Gasteiger partial charge on any atom is 0.410 e. The van der Waals surface area contributed by atoms with Gasteiger partial charge in [-0.05, 0) is 143 Å². The van der Waals surface area contributed by atoms with Crippen molar-refractivity contribution in [1.82, 2.24) is 29.7 Å². The number of imidazole rings is 2. The first-order valence-electron chi connectivity index (χ1n) is 20.8. The zero-order chi connectivity index (χ0) is 39.6. The number of nitrogens with zero attached hydrogens (tertiary/aromatic N) is 4. The van der Waals surface area contributed by atoms with E-state index in [0.717, 1.165) is 59.8 Å². The Balaban J connectivity index is 0.930. The summed E-state index contributed by atoms with van der Waals surface area (Å²) < 4.78 is 11.4. The van der Waals surface area contributed by atoms with E-state index < -0.39 is 11.2 Å². The molecule has 4 aliphatic rings. The Bertz CT molecular complexity index is 2130. The Kier molecular flexibility index (Phi) is 9.28. The number of hydrogen-bond acceptors (Lipinski definition) is 6. The predicted molar refractivity (Wildman–Crippen MR) is 222 cm³/mol. The maximum atomic E-state index is 12.9. The molecule has 10 nitrogen and oxygen atoms in total. The Morgan fingerprint density at radius 1 is 0.579 bits per heavy atom. The van der Waals surface area contributed by atoms with Crippen LogP contribution in [0.4, 0.5) is 9.59 Å². The Labute approximate surface area is 335 Å². The molecule has 2 N–H and O–H groups in total. The average molecular weight is 767 g/mol. The number of amides is 2. The second-order valence-electron chi connectivity index (χ2n) is 18.4. The first-order chi connectivity index (χ1) is 27.3. The lowest BCUT2D eigenvalue weighted by atomic mass is 9.81. The molecule has 2 amide bonds. The van der Waals surface area contributed by atoms with Gasteiger partial charge in [-0.25, -0.2) is 19.6 Å². The molecule has 2 bridgehead atoms. The summed E-state index contributed by atoms with van der Waals surface area (Å²) in [6.45, 7) is 12.7. The average Bonchev–Trinajstić information content (AvgIpc) is 4.03. The minimum atomic E-state index is -0.537. The van der Waals surface area contributed by atoms with Crippen molar-refractivity contribution in [2.45, 2.75) is 122 Å². The third-order valence-corrected chi connectivity index (χ3v) is 12.1. The van der Waals surface area contributed by atoms with E-state index in [1.165, 1.54) is 52.6 Å². The normalized spacial score (nSPS) is 21.6. The number of aromatic nitrogens is 4. The molecular formula is C47H54N6O4. The van der Waals surface area contributed by atoms with Gasteiger partial charge in [0.15, 0.2) is 0 Å². The molecule has 296 valence electrons. The molecule has 4 unspecified atom stereocenters. The molecular weight excluding hydrogens is 713 g/mol. The number of aromatic amines is 2. The molecule has 9 rings (SSSR count). The fourth-order valence-corrected chi connectivity index (χ4v) is 9.67. The second kappa shape index (κ2) is 14.2. The molecule has 4 atom stereocenters. The van der Waals surface area contributed by atoms with Crippen molar-refractivity contribution in [1.29, 1.82) is 0 Å². The lowest BCUT2D eigenvalue weighted by Crippen LogP contribution is -2.36. The van der Waals surface area contributed by atoms with Crippen LogP contribution in [0, 0.1) is 0 Å². The lowest BCUT2D eigenvalue weighted by molar-refractivity contribution is 0.0208. The minimum Gasteiger partial charge on any atom is -0.444 e. The number of rotatable bonds is 6. The molecule has 2 aromatic heterocycles. The van der Waals surface area contributed by atoms with E-state index >= 15 is 0 Å². The van der Waals surface area contributed by atoms with Gasteiger partial charge < -0.3 is 19.4 Å². The molecule has 3 aromatic carbocycles. The molecule has 1 saturated carbocycles. The summed E-state index contributed by atoms with van der Waals surface area (Å²) in [7, 11) is 0. The predicted octanol–water partition coefficient (Wildman–Crippen LogP) is 11.3. The summed E-state index contributed by atoms with van der Waals surface area (Å²) in [4.78, 5) is 46.0. The highest BCUT2D eigenvalue weighted by Gasteiger charge is 2.41. The van der Waals surface area contributed by atoms with Crippen molar-refractivity contribution < 1.29 is 19.1 Å². The molecule has 2 aliphatic heterocycles. The van der Waals surface area contributed by atoms with Crippen molar-refractivity contribution in [3.05, 3.63) is 95.8 Å². The van der Waals surface area contributed by atoms with Crippen molar-refractivity contribution >= 4 is 12.2 Å². The van der Waals surface area contributed by atoms with Gasteiger partial charge in [-0.2, -0.15) is 0 Å². The van der Waals surface area contributed by atoms with Gasteiger partial charge in [0.25, 0.3) is 0 Å². The summed E-state index contributed by atoms with van der Waals surface area (Å²) in [6.07, 6.45) is 10.5. The van der Waals surface area contributed by atoms with Crippen LogP contribution in [-0.4, -0.2) is 66.2 Å². The number of likely N-dealkylation sites (tertiary alicyclic amines) is 2. The summed E-state index contributed by atoms with van der Waals surface area (Å²) >= 11 is 0. The standard InChI is InChI=1S/C47H54N6O4/c1-46(2,3)56-44(54)52-23-7-9-38(52)42-48-26-36(50-42)30-15-11-28(12-16-30)34-21-22-35(41-33-20-19-32(25-33)40(34)41)29-13-17-31(18-14-29)37-27-49-43(51-37)39-10-8-24-53(39)45(55)57-47(4,5)6/h11-18,21-22,26-27,32-33,38-39H,7-10,19-20,23-25H2,1-6H3,(H,48,50)(H,49,51). The van der Waals surface area contributed by atoms with E-state index in [1.54, 1.807) is 9.80 Å². The molecule has 0 radical (unpaired) electrons. The second-order valence-corrected chi connectivity index (χ2v) is 18.4. The van der Waals surface area contributed by atoms with Gasteiger partial charge in [0.2, 0.25) is 0 Å². The summed E-state index contributed by atoms with van der Waals surface area (Å²) in [5, 5.41) is 0. The highest BCUT2D eigenvalue weighted by Crippen LogP contribution is 2.58. The molecule has 3 fully saturated rings. The van der Waals surface area contributed by atoms with Crippen molar-refractivity contribution in [2.24, 2.45) is 0 Å². The van der Waals surface area contributed by atoms with Crippen LogP contribution >= 0.6 is 0 Å². The van der Waals surface area contributed by atoms with Gasteiger partial charge in [-0.1, -0.05) is 60.7 Å². The van der Waals surface area contributed by atoms with Crippen LogP contribution in [0.1, 0.15) is 133 Å². The van der Waals surface area contributed by atoms with Crippen molar-refractivity contribution in [2.75, 3.05) is 13.1 Å². The number of carbonyl (C=O) groups excluding carboxylic acids is 2. The molecule has 4 heterocycles. The Hall–Kier alpha value is -5.38. The zero-order valence-electron chi connectivity index (χ0n) is 34.0. The summed E-state index contributed by atoms with van der Waals surface area (Å²) in [5.41, 5.74) is 11.2.